The van der Waals surface area contributed by atoms with Gasteiger partial charge in [-0.05, 0) is 62.5 Å². The van der Waals surface area contributed by atoms with Crippen molar-refractivity contribution in [3.63, 3.8) is 0 Å². The van der Waals surface area contributed by atoms with Gasteiger partial charge in [0.05, 0.1) is 0 Å². The molecule has 1 N–H and O–H groups in total. The van der Waals surface area contributed by atoms with Crippen LogP contribution in [0.4, 0.5) is 0 Å². The predicted molar refractivity (Wildman–Crippen MR) is 91.6 cm³/mol. The van der Waals surface area contributed by atoms with Crippen molar-refractivity contribution in [2.24, 2.45) is 0 Å². The number of amides is 1. The number of hydrogen-bond acceptors (Lipinski definition) is 5. The predicted octanol–water partition coefficient (Wildman–Crippen LogP) is 3.49. The van der Waals surface area contributed by atoms with E-state index in [-0.39, 0.29) is 11.9 Å². The summed E-state index contributed by atoms with van der Waals surface area (Å²) >= 11 is 1.79. The molecule has 1 fully saturated rings. The maximum atomic E-state index is 12.2. The first-order valence-corrected chi connectivity index (χ1v) is 9.30. The minimum atomic E-state index is -0.0469. The van der Waals surface area contributed by atoms with Gasteiger partial charge in [-0.2, -0.15) is 16.7 Å². The molecule has 23 heavy (non-hydrogen) atoms. The number of carbonyl (C=O) groups excluding carboxylic acids is 1. The Bertz CT molecular complexity index is 665. The van der Waals surface area contributed by atoms with Crippen LogP contribution in [0.1, 0.15) is 48.3 Å². The normalized spacial score (nSPS) is 15.4. The van der Waals surface area contributed by atoms with Gasteiger partial charge in [0.15, 0.2) is 5.82 Å². The van der Waals surface area contributed by atoms with E-state index in [1.54, 1.807) is 23.9 Å². The molecule has 1 heterocycles. The van der Waals surface area contributed by atoms with Gasteiger partial charge in [0.1, 0.15) is 0 Å². The van der Waals surface area contributed by atoms with Crippen molar-refractivity contribution in [2.75, 3.05) is 12.0 Å². The Labute approximate surface area is 140 Å². The summed E-state index contributed by atoms with van der Waals surface area (Å²) in [7, 11) is 0. The molecule has 3 rings (SSSR count). The maximum absolute atomic E-state index is 12.2. The number of rotatable bonds is 7. The fourth-order valence-corrected chi connectivity index (χ4v) is 2.89. The molecule has 0 unspecified atom stereocenters. The molecule has 5 nitrogen and oxygen atoms in total. The summed E-state index contributed by atoms with van der Waals surface area (Å²) in [6.45, 7) is 2.03. The van der Waals surface area contributed by atoms with Crippen molar-refractivity contribution in [3.05, 3.63) is 35.7 Å². The molecule has 1 aliphatic carbocycles. The van der Waals surface area contributed by atoms with Crippen LogP contribution in [0.25, 0.3) is 11.5 Å². The van der Waals surface area contributed by atoms with Crippen molar-refractivity contribution in [3.8, 4) is 11.5 Å². The second-order valence-corrected chi connectivity index (χ2v) is 6.95. The lowest BCUT2D eigenvalue weighted by molar-refractivity contribution is 0.0939. The SMILES string of the molecule is CSCC[C@H](C)NC(=O)c1ccc(-c2nc(C3CC3)no2)cc1. The van der Waals surface area contributed by atoms with Crippen LogP contribution in [0.15, 0.2) is 28.8 Å². The number of hydrogen-bond donors (Lipinski definition) is 1. The summed E-state index contributed by atoms with van der Waals surface area (Å²) in [5.74, 6) is 2.78. The Hall–Kier alpha value is -1.82. The fraction of sp³-hybridized carbons (Fsp3) is 0.471. The summed E-state index contributed by atoms with van der Waals surface area (Å²) in [4.78, 5) is 16.6. The Kier molecular flexibility index (Phi) is 5.00. The van der Waals surface area contributed by atoms with E-state index in [0.29, 0.717) is 17.4 Å². The summed E-state index contributed by atoms with van der Waals surface area (Å²) in [6.07, 6.45) is 5.33. The zero-order valence-corrected chi connectivity index (χ0v) is 14.2. The molecule has 1 amide bonds. The van der Waals surface area contributed by atoms with Crippen molar-refractivity contribution in [2.45, 2.75) is 38.1 Å². The standard InChI is InChI=1S/C17H21N3O2S/c1-11(9-10-23-2)18-16(21)13-5-7-14(8-6-13)17-19-15(20-22-17)12-3-4-12/h5-8,11-12H,3-4,9-10H2,1-2H3,(H,18,21)/t11-/m0/s1. The Morgan fingerprint density at radius 2 is 2.13 bits per heavy atom. The highest BCUT2D eigenvalue weighted by atomic mass is 32.2. The summed E-state index contributed by atoms with van der Waals surface area (Å²) in [5, 5.41) is 7.03. The first-order chi connectivity index (χ1) is 11.2. The smallest absolute Gasteiger partial charge is 0.257 e. The van der Waals surface area contributed by atoms with Crippen molar-refractivity contribution < 1.29 is 9.32 Å². The largest absolute Gasteiger partial charge is 0.350 e. The van der Waals surface area contributed by atoms with E-state index in [1.807, 2.05) is 19.1 Å². The average molecular weight is 331 g/mol. The lowest BCUT2D eigenvalue weighted by Crippen LogP contribution is -2.32. The summed E-state index contributed by atoms with van der Waals surface area (Å²) < 4.78 is 5.30. The second kappa shape index (κ2) is 7.17. The topological polar surface area (TPSA) is 68.0 Å². The van der Waals surface area contributed by atoms with E-state index in [0.717, 1.165) is 36.4 Å². The molecule has 0 bridgehead atoms. The molecule has 6 heteroatoms. The van der Waals surface area contributed by atoms with Gasteiger partial charge in [-0.3, -0.25) is 4.79 Å². The summed E-state index contributed by atoms with van der Waals surface area (Å²) in [6, 6.07) is 7.48. The molecule has 1 atom stereocenters. The van der Waals surface area contributed by atoms with Gasteiger partial charge in [0.25, 0.3) is 11.8 Å². The van der Waals surface area contributed by atoms with Crippen LogP contribution < -0.4 is 5.32 Å². The van der Waals surface area contributed by atoms with Gasteiger partial charge in [-0.1, -0.05) is 5.16 Å². The molecule has 0 spiro atoms. The van der Waals surface area contributed by atoms with Crippen molar-refractivity contribution in [1.82, 2.24) is 15.5 Å². The Balaban J connectivity index is 1.62. The van der Waals surface area contributed by atoms with Crippen molar-refractivity contribution >= 4 is 17.7 Å². The van der Waals surface area contributed by atoms with Crippen LogP contribution in [0.3, 0.4) is 0 Å². The first-order valence-electron chi connectivity index (χ1n) is 7.91. The van der Waals surface area contributed by atoms with Gasteiger partial charge in [-0.15, -0.1) is 0 Å². The lowest BCUT2D eigenvalue weighted by atomic mass is 10.1. The Morgan fingerprint density at radius 3 is 2.78 bits per heavy atom. The molecule has 0 aliphatic heterocycles. The molecular weight excluding hydrogens is 310 g/mol. The maximum Gasteiger partial charge on any atom is 0.257 e. The average Bonchev–Trinajstić information content (AvgIpc) is 3.30. The molecule has 0 radical (unpaired) electrons. The highest BCUT2D eigenvalue weighted by Gasteiger charge is 2.28. The summed E-state index contributed by atoms with van der Waals surface area (Å²) in [5.41, 5.74) is 1.49. The number of carbonyl (C=O) groups is 1. The highest BCUT2D eigenvalue weighted by molar-refractivity contribution is 7.98. The third kappa shape index (κ3) is 4.13. The number of nitrogens with zero attached hydrogens (tertiary/aromatic N) is 2. The zero-order valence-electron chi connectivity index (χ0n) is 13.4. The second-order valence-electron chi connectivity index (χ2n) is 5.97. The molecule has 2 aromatic rings. The third-order valence-corrected chi connectivity index (χ3v) is 4.55. The van der Waals surface area contributed by atoms with E-state index in [1.165, 1.54) is 0 Å². The van der Waals surface area contributed by atoms with Gasteiger partial charge >= 0.3 is 0 Å². The first kappa shape index (κ1) is 16.1. The van der Waals surface area contributed by atoms with Crippen LogP contribution in [0.5, 0.6) is 0 Å². The highest BCUT2D eigenvalue weighted by Crippen LogP contribution is 2.38. The molecule has 1 aliphatic rings. The van der Waals surface area contributed by atoms with Gasteiger partial charge in [-0.25, -0.2) is 0 Å². The van der Waals surface area contributed by atoms with Gasteiger partial charge in [0, 0.05) is 23.1 Å². The van der Waals surface area contributed by atoms with Crippen molar-refractivity contribution in [1.29, 1.82) is 0 Å². The van der Waals surface area contributed by atoms with Crippen LogP contribution in [0.2, 0.25) is 0 Å². The number of nitrogens with one attached hydrogen (secondary N) is 1. The van der Waals surface area contributed by atoms with Crippen LogP contribution in [0, 0.1) is 0 Å². The number of benzene rings is 1. The molecule has 1 aromatic carbocycles. The van der Waals surface area contributed by atoms with Gasteiger partial charge in [0.2, 0.25) is 0 Å². The van der Waals surface area contributed by atoms with E-state index in [9.17, 15) is 4.79 Å². The number of aromatic nitrogens is 2. The molecular formula is C17H21N3O2S. The zero-order chi connectivity index (χ0) is 16.2. The molecule has 0 saturated heterocycles. The Morgan fingerprint density at radius 1 is 1.39 bits per heavy atom. The van der Waals surface area contributed by atoms with Crippen LogP contribution in [-0.2, 0) is 0 Å². The lowest BCUT2D eigenvalue weighted by Gasteiger charge is -2.13. The number of thioether (sulfide) groups is 1. The monoisotopic (exact) mass is 331 g/mol. The third-order valence-electron chi connectivity index (χ3n) is 3.91. The minimum absolute atomic E-state index is 0.0469. The fourth-order valence-electron chi connectivity index (χ4n) is 2.30. The van der Waals surface area contributed by atoms with E-state index >= 15 is 0 Å². The molecule has 1 saturated carbocycles. The van der Waals surface area contributed by atoms with Gasteiger partial charge < -0.3 is 9.84 Å². The molecule has 122 valence electrons. The van der Waals surface area contributed by atoms with E-state index in [4.69, 9.17) is 4.52 Å². The van der Waals surface area contributed by atoms with E-state index < -0.39 is 0 Å². The van der Waals surface area contributed by atoms with E-state index in [2.05, 4.69) is 21.7 Å². The van der Waals surface area contributed by atoms with Crippen LogP contribution in [-0.4, -0.2) is 34.1 Å². The minimum Gasteiger partial charge on any atom is -0.350 e. The van der Waals surface area contributed by atoms with Crippen LogP contribution >= 0.6 is 11.8 Å². The molecule has 1 aromatic heterocycles. The quantitative estimate of drug-likeness (QED) is 0.841.